The number of ketones is 1. The molecule has 3 rings (SSSR count). The van der Waals surface area contributed by atoms with E-state index in [0.29, 0.717) is 12.0 Å². The molecule has 0 aromatic heterocycles. The first kappa shape index (κ1) is 12.5. The first-order valence-electron chi connectivity index (χ1n) is 5.71. The van der Waals surface area contributed by atoms with Gasteiger partial charge in [0.25, 0.3) is 0 Å². The van der Waals surface area contributed by atoms with Gasteiger partial charge in [0.15, 0.2) is 11.7 Å². The van der Waals surface area contributed by atoms with Crippen molar-refractivity contribution in [1.82, 2.24) is 0 Å². The molecule has 1 unspecified atom stereocenters. The summed E-state index contributed by atoms with van der Waals surface area (Å²) in [7, 11) is 0. The highest BCUT2D eigenvalue weighted by Crippen LogP contribution is 2.44. The molecule has 19 heavy (non-hydrogen) atoms. The quantitative estimate of drug-likeness (QED) is 0.809. The number of halogens is 1. The molecule has 1 heterocycles. The molecule has 1 aromatic rings. The third-order valence-electron chi connectivity index (χ3n) is 3.21. The van der Waals surface area contributed by atoms with Crippen molar-refractivity contribution in [3.8, 4) is 0 Å². The Balaban J connectivity index is 2.05. The number of Topliss-reactive ketones (excluding diaryl/α,β-unsaturated/α-hetero) is 1. The molecule has 0 saturated carbocycles. The number of aliphatic carboxylic acids is 1. The van der Waals surface area contributed by atoms with E-state index in [1.54, 1.807) is 6.08 Å². The monoisotopic (exact) mass is 292 g/mol. The maximum Gasteiger partial charge on any atom is 0.319 e. The zero-order valence-corrected chi connectivity index (χ0v) is 11.3. The molecule has 1 aliphatic carbocycles. The van der Waals surface area contributed by atoms with Gasteiger partial charge >= 0.3 is 5.97 Å². The molecule has 1 N–H and O–H groups in total. The Morgan fingerprint density at radius 1 is 1.37 bits per heavy atom. The van der Waals surface area contributed by atoms with Crippen LogP contribution in [-0.2, 0) is 16.0 Å². The van der Waals surface area contributed by atoms with Gasteiger partial charge < -0.3 is 5.11 Å². The number of fused-ring (bicyclic) bond motifs is 1. The van der Waals surface area contributed by atoms with Crippen molar-refractivity contribution in [2.45, 2.75) is 11.3 Å². The SMILES string of the molecule is O=C(O)C1C(=O)C2=C(C=C1Cl)Sc1ccccc1C2. The van der Waals surface area contributed by atoms with E-state index < -0.39 is 17.7 Å². The Kier molecular flexibility index (Phi) is 2.99. The van der Waals surface area contributed by atoms with Crippen LogP contribution in [0.15, 0.2) is 50.7 Å². The summed E-state index contributed by atoms with van der Waals surface area (Å²) in [5, 5.41) is 9.18. The Morgan fingerprint density at radius 3 is 2.84 bits per heavy atom. The number of carbonyl (C=O) groups is 2. The topological polar surface area (TPSA) is 54.4 Å². The second-order valence-electron chi connectivity index (χ2n) is 4.39. The molecule has 96 valence electrons. The van der Waals surface area contributed by atoms with Gasteiger partial charge in [0.1, 0.15) is 0 Å². The van der Waals surface area contributed by atoms with Crippen LogP contribution in [0.4, 0.5) is 0 Å². The van der Waals surface area contributed by atoms with Crippen LogP contribution < -0.4 is 0 Å². The number of carboxylic acids is 1. The molecule has 0 spiro atoms. The van der Waals surface area contributed by atoms with Crippen LogP contribution in [-0.4, -0.2) is 16.9 Å². The van der Waals surface area contributed by atoms with Gasteiger partial charge in [-0.15, -0.1) is 0 Å². The summed E-state index contributed by atoms with van der Waals surface area (Å²) in [6, 6.07) is 7.79. The highest BCUT2D eigenvalue weighted by atomic mass is 35.5. The maximum atomic E-state index is 12.2. The number of hydrogen-bond acceptors (Lipinski definition) is 3. The molecule has 3 nitrogen and oxygen atoms in total. The lowest BCUT2D eigenvalue weighted by atomic mass is 9.88. The van der Waals surface area contributed by atoms with Gasteiger partial charge in [-0.2, -0.15) is 0 Å². The summed E-state index contributed by atoms with van der Waals surface area (Å²) >= 11 is 7.40. The molecule has 0 bridgehead atoms. The molecular weight excluding hydrogens is 284 g/mol. The van der Waals surface area contributed by atoms with Crippen molar-refractivity contribution < 1.29 is 14.7 Å². The third-order valence-corrected chi connectivity index (χ3v) is 4.74. The standard InChI is InChI=1S/C14H9ClO3S/c15-9-6-11-8(13(16)12(9)14(17)18)5-7-3-1-2-4-10(7)19-11/h1-4,6,12H,5H2,(H,17,18). The van der Waals surface area contributed by atoms with Crippen LogP contribution in [0.1, 0.15) is 5.56 Å². The van der Waals surface area contributed by atoms with E-state index in [1.165, 1.54) is 11.8 Å². The second kappa shape index (κ2) is 4.54. The van der Waals surface area contributed by atoms with Gasteiger partial charge in [-0.1, -0.05) is 41.6 Å². The van der Waals surface area contributed by atoms with Gasteiger partial charge in [-0.25, -0.2) is 0 Å². The van der Waals surface area contributed by atoms with Crippen molar-refractivity contribution in [1.29, 1.82) is 0 Å². The summed E-state index contributed by atoms with van der Waals surface area (Å²) in [4.78, 5) is 25.2. The summed E-state index contributed by atoms with van der Waals surface area (Å²) in [5.41, 5.74) is 1.61. The molecule has 0 radical (unpaired) electrons. The van der Waals surface area contributed by atoms with E-state index in [9.17, 15) is 9.59 Å². The molecule has 1 atom stereocenters. The van der Waals surface area contributed by atoms with Crippen molar-refractivity contribution in [2.24, 2.45) is 5.92 Å². The van der Waals surface area contributed by atoms with E-state index in [2.05, 4.69) is 0 Å². The van der Waals surface area contributed by atoms with Crippen molar-refractivity contribution in [3.63, 3.8) is 0 Å². The maximum absolute atomic E-state index is 12.2. The fourth-order valence-corrected chi connectivity index (χ4v) is 3.77. The van der Waals surface area contributed by atoms with Crippen molar-refractivity contribution in [2.75, 3.05) is 0 Å². The summed E-state index contributed by atoms with van der Waals surface area (Å²) in [6.07, 6.45) is 2.08. The minimum atomic E-state index is -1.24. The highest BCUT2D eigenvalue weighted by molar-refractivity contribution is 8.03. The largest absolute Gasteiger partial charge is 0.480 e. The minimum absolute atomic E-state index is 0.0862. The van der Waals surface area contributed by atoms with E-state index in [1.807, 2.05) is 24.3 Å². The average Bonchev–Trinajstić information content (AvgIpc) is 2.36. The van der Waals surface area contributed by atoms with Gasteiger partial charge in [-0.05, 0) is 17.7 Å². The smallest absolute Gasteiger partial charge is 0.319 e. The highest BCUT2D eigenvalue weighted by Gasteiger charge is 2.38. The first-order chi connectivity index (χ1) is 9.08. The fraction of sp³-hybridized carbons (Fsp3) is 0.143. The van der Waals surface area contributed by atoms with Crippen LogP contribution in [0.5, 0.6) is 0 Å². The van der Waals surface area contributed by atoms with Crippen LogP contribution in [0.25, 0.3) is 0 Å². The summed E-state index contributed by atoms with van der Waals surface area (Å²) in [6.45, 7) is 0. The molecule has 2 aliphatic rings. The molecule has 0 amide bonds. The van der Waals surface area contributed by atoms with Crippen LogP contribution in [0, 0.1) is 5.92 Å². The molecular formula is C14H9ClO3S. The van der Waals surface area contributed by atoms with Gasteiger partial charge in [0.2, 0.25) is 0 Å². The van der Waals surface area contributed by atoms with Crippen molar-refractivity contribution >= 4 is 35.1 Å². The van der Waals surface area contributed by atoms with Gasteiger partial charge in [0, 0.05) is 26.8 Å². The molecule has 5 heteroatoms. The van der Waals surface area contributed by atoms with E-state index in [-0.39, 0.29) is 5.03 Å². The normalized spacial score (nSPS) is 21.6. The third kappa shape index (κ3) is 2.01. The molecule has 1 aliphatic heterocycles. The zero-order valence-electron chi connectivity index (χ0n) is 9.72. The Labute approximate surface area is 119 Å². The zero-order chi connectivity index (χ0) is 13.6. The molecule has 0 fully saturated rings. The lowest BCUT2D eigenvalue weighted by Gasteiger charge is -2.25. The number of hydrogen-bond donors (Lipinski definition) is 1. The minimum Gasteiger partial charge on any atom is -0.480 e. The summed E-state index contributed by atoms with van der Waals surface area (Å²) < 4.78 is 0. The number of carboxylic acid groups (broad SMARTS) is 1. The van der Waals surface area contributed by atoms with Crippen LogP contribution in [0.2, 0.25) is 0 Å². The molecule has 0 saturated heterocycles. The van der Waals surface area contributed by atoms with Crippen LogP contribution in [0.3, 0.4) is 0 Å². The number of rotatable bonds is 1. The van der Waals surface area contributed by atoms with E-state index in [0.717, 1.165) is 15.4 Å². The van der Waals surface area contributed by atoms with E-state index >= 15 is 0 Å². The average molecular weight is 293 g/mol. The Morgan fingerprint density at radius 2 is 2.11 bits per heavy atom. The number of allylic oxidation sites excluding steroid dienone is 2. The number of thioether (sulfide) groups is 1. The predicted octanol–water partition coefficient (Wildman–Crippen LogP) is 3.00. The Bertz CT molecular complexity index is 660. The number of benzene rings is 1. The summed E-state index contributed by atoms with van der Waals surface area (Å²) in [5.74, 6) is -2.83. The second-order valence-corrected chi connectivity index (χ2v) is 5.91. The first-order valence-corrected chi connectivity index (χ1v) is 6.90. The fourth-order valence-electron chi connectivity index (χ4n) is 2.27. The van der Waals surface area contributed by atoms with Crippen LogP contribution >= 0.6 is 23.4 Å². The predicted molar refractivity (Wildman–Crippen MR) is 73.1 cm³/mol. The van der Waals surface area contributed by atoms with Crippen molar-refractivity contribution in [3.05, 3.63) is 51.4 Å². The van der Waals surface area contributed by atoms with Gasteiger partial charge in [0.05, 0.1) is 0 Å². The van der Waals surface area contributed by atoms with E-state index in [4.69, 9.17) is 16.7 Å². The Hall–Kier alpha value is -1.52. The lowest BCUT2D eigenvalue weighted by molar-refractivity contribution is -0.143. The number of carbonyl (C=O) groups excluding carboxylic acids is 1. The molecule has 1 aromatic carbocycles. The van der Waals surface area contributed by atoms with Gasteiger partial charge in [-0.3, -0.25) is 9.59 Å². The lowest BCUT2D eigenvalue weighted by Crippen LogP contribution is -2.30.